The number of carbonyl (C=O) groups excluding carboxylic acids is 2. The van der Waals surface area contributed by atoms with E-state index < -0.39 is 18.0 Å². The summed E-state index contributed by atoms with van der Waals surface area (Å²) in [4.78, 5) is 28.6. The second-order valence-electron chi connectivity index (χ2n) is 5.76. The van der Waals surface area contributed by atoms with Crippen molar-refractivity contribution in [2.45, 2.75) is 20.0 Å². The monoisotopic (exact) mass is 350 g/mol. The van der Waals surface area contributed by atoms with Crippen molar-refractivity contribution in [3.05, 3.63) is 72.2 Å². The first-order valence-corrected chi connectivity index (χ1v) is 8.07. The smallest absolute Gasteiger partial charge is 0.340 e. The maximum Gasteiger partial charge on any atom is 0.340 e. The van der Waals surface area contributed by atoms with E-state index in [1.54, 1.807) is 41.3 Å². The predicted octanol–water partition coefficient (Wildman–Crippen LogP) is 2.76. The summed E-state index contributed by atoms with van der Waals surface area (Å²) < 4.78 is 6.79. The number of pyridine rings is 1. The molecule has 1 unspecified atom stereocenters. The van der Waals surface area contributed by atoms with Gasteiger partial charge in [0.1, 0.15) is 0 Å². The van der Waals surface area contributed by atoms with Crippen LogP contribution in [-0.4, -0.2) is 32.7 Å². The van der Waals surface area contributed by atoms with Crippen LogP contribution in [0, 0.1) is 6.92 Å². The number of esters is 1. The fourth-order valence-electron chi connectivity index (χ4n) is 2.30. The van der Waals surface area contributed by atoms with Gasteiger partial charge in [0, 0.05) is 24.3 Å². The van der Waals surface area contributed by atoms with Crippen molar-refractivity contribution < 1.29 is 14.3 Å². The highest BCUT2D eigenvalue weighted by Crippen LogP contribution is 2.12. The molecule has 0 saturated carbocycles. The highest BCUT2D eigenvalue weighted by Gasteiger charge is 2.19. The summed E-state index contributed by atoms with van der Waals surface area (Å²) in [6.45, 7) is 3.45. The molecule has 7 nitrogen and oxygen atoms in total. The molecule has 2 heterocycles. The SMILES string of the molecule is Cc1cccc(NC(=O)C(C)OC(=O)c2ccc(-n3cccn3)nc2)c1. The van der Waals surface area contributed by atoms with Gasteiger partial charge in [-0.05, 0) is 49.7 Å². The average Bonchev–Trinajstić information content (AvgIpc) is 3.16. The van der Waals surface area contributed by atoms with E-state index >= 15 is 0 Å². The van der Waals surface area contributed by atoms with E-state index in [9.17, 15) is 9.59 Å². The first kappa shape index (κ1) is 17.3. The maximum absolute atomic E-state index is 12.2. The molecule has 0 aliphatic carbocycles. The fraction of sp³-hybridized carbons (Fsp3) is 0.158. The minimum atomic E-state index is -0.936. The van der Waals surface area contributed by atoms with Crippen LogP contribution >= 0.6 is 0 Å². The van der Waals surface area contributed by atoms with Gasteiger partial charge < -0.3 is 10.1 Å². The van der Waals surface area contributed by atoms with Crippen LogP contribution in [0.2, 0.25) is 0 Å². The van der Waals surface area contributed by atoms with Gasteiger partial charge in [-0.1, -0.05) is 12.1 Å². The van der Waals surface area contributed by atoms with Crippen LogP contribution in [-0.2, 0) is 9.53 Å². The van der Waals surface area contributed by atoms with Crippen molar-refractivity contribution in [1.29, 1.82) is 0 Å². The van der Waals surface area contributed by atoms with Crippen LogP contribution in [0.25, 0.3) is 5.82 Å². The van der Waals surface area contributed by atoms with E-state index in [1.807, 2.05) is 25.1 Å². The number of anilines is 1. The molecular formula is C19H18N4O3. The Morgan fingerprint density at radius 2 is 2.04 bits per heavy atom. The molecule has 7 heteroatoms. The molecule has 3 rings (SSSR count). The molecule has 1 aromatic carbocycles. The van der Waals surface area contributed by atoms with Crippen molar-refractivity contribution in [1.82, 2.24) is 14.8 Å². The summed E-state index contributed by atoms with van der Waals surface area (Å²) in [5.41, 5.74) is 1.94. The molecule has 0 radical (unpaired) electrons. The number of ether oxygens (including phenoxy) is 1. The molecular weight excluding hydrogens is 332 g/mol. The van der Waals surface area contributed by atoms with Gasteiger partial charge in [-0.25, -0.2) is 14.5 Å². The summed E-state index contributed by atoms with van der Waals surface area (Å²) in [5.74, 6) is -0.432. The number of nitrogens with zero attached hydrogens (tertiary/aromatic N) is 3. The number of nitrogens with one attached hydrogen (secondary N) is 1. The van der Waals surface area contributed by atoms with E-state index in [2.05, 4.69) is 15.4 Å². The molecule has 0 aliphatic heterocycles. The van der Waals surface area contributed by atoms with Gasteiger partial charge in [-0.15, -0.1) is 0 Å². The number of carbonyl (C=O) groups is 2. The lowest BCUT2D eigenvalue weighted by Crippen LogP contribution is -2.30. The third kappa shape index (κ3) is 4.13. The fourth-order valence-corrected chi connectivity index (χ4v) is 2.30. The van der Waals surface area contributed by atoms with Crippen molar-refractivity contribution in [3.8, 4) is 5.82 Å². The van der Waals surface area contributed by atoms with Crippen LogP contribution in [0.1, 0.15) is 22.8 Å². The largest absolute Gasteiger partial charge is 0.449 e. The molecule has 0 aliphatic rings. The number of aryl methyl sites for hydroxylation is 1. The van der Waals surface area contributed by atoms with Gasteiger partial charge in [0.25, 0.3) is 5.91 Å². The Labute approximate surface area is 150 Å². The van der Waals surface area contributed by atoms with Crippen LogP contribution in [0.15, 0.2) is 61.1 Å². The Balaban J connectivity index is 1.60. The lowest BCUT2D eigenvalue weighted by molar-refractivity contribution is -0.123. The Morgan fingerprint density at radius 1 is 1.19 bits per heavy atom. The lowest BCUT2D eigenvalue weighted by Gasteiger charge is -2.14. The van der Waals surface area contributed by atoms with E-state index in [0.717, 1.165) is 5.56 Å². The summed E-state index contributed by atoms with van der Waals surface area (Å²) in [7, 11) is 0. The zero-order valence-electron chi connectivity index (χ0n) is 14.4. The van der Waals surface area contributed by atoms with E-state index in [4.69, 9.17) is 4.74 Å². The number of aromatic nitrogens is 3. The Kier molecular flexibility index (Phi) is 5.07. The number of amides is 1. The van der Waals surface area contributed by atoms with Crippen LogP contribution in [0.5, 0.6) is 0 Å². The van der Waals surface area contributed by atoms with Crippen LogP contribution < -0.4 is 5.32 Å². The third-order valence-corrected chi connectivity index (χ3v) is 3.66. The van der Waals surface area contributed by atoms with Crippen molar-refractivity contribution >= 4 is 17.6 Å². The van der Waals surface area contributed by atoms with Gasteiger partial charge in [0.05, 0.1) is 5.56 Å². The van der Waals surface area contributed by atoms with Crippen molar-refractivity contribution in [2.24, 2.45) is 0 Å². The minimum Gasteiger partial charge on any atom is -0.449 e. The zero-order valence-corrected chi connectivity index (χ0v) is 14.4. The number of hydrogen-bond donors (Lipinski definition) is 1. The second kappa shape index (κ2) is 7.60. The average molecular weight is 350 g/mol. The third-order valence-electron chi connectivity index (χ3n) is 3.66. The predicted molar refractivity (Wildman–Crippen MR) is 96.0 cm³/mol. The first-order chi connectivity index (χ1) is 12.5. The minimum absolute atomic E-state index is 0.260. The molecule has 132 valence electrons. The van der Waals surface area contributed by atoms with E-state index in [1.165, 1.54) is 13.1 Å². The summed E-state index contributed by atoms with van der Waals surface area (Å²) in [6.07, 6.45) is 3.84. The first-order valence-electron chi connectivity index (χ1n) is 8.07. The molecule has 2 aromatic heterocycles. The Bertz CT molecular complexity index is 905. The number of rotatable bonds is 5. The van der Waals surface area contributed by atoms with Crippen molar-refractivity contribution in [3.63, 3.8) is 0 Å². The van der Waals surface area contributed by atoms with E-state index in [0.29, 0.717) is 11.5 Å². The molecule has 0 spiro atoms. The van der Waals surface area contributed by atoms with Gasteiger partial charge in [-0.2, -0.15) is 5.10 Å². The Hall–Kier alpha value is -3.48. The number of benzene rings is 1. The molecule has 3 aromatic rings. The van der Waals surface area contributed by atoms with Gasteiger partial charge in [0.15, 0.2) is 11.9 Å². The molecule has 26 heavy (non-hydrogen) atoms. The molecule has 0 bridgehead atoms. The van der Waals surface area contributed by atoms with Crippen LogP contribution in [0.4, 0.5) is 5.69 Å². The topological polar surface area (TPSA) is 86.1 Å². The van der Waals surface area contributed by atoms with Gasteiger partial charge in [-0.3, -0.25) is 4.79 Å². The van der Waals surface area contributed by atoms with Gasteiger partial charge >= 0.3 is 5.97 Å². The summed E-state index contributed by atoms with van der Waals surface area (Å²) >= 11 is 0. The molecule has 0 fully saturated rings. The van der Waals surface area contributed by atoms with Crippen LogP contribution in [0.3, 0.4) is 0 Å². The molecule has 0 saturated heterocycles. The molecule has 1 atom stereocenters. The summed E-state index contributed by atoms with van der Waals surface area (Å²) in [6, 6.07) is 12.4. The van der Waals surface area contributed by atoms with Crippen molar-refractivity contribution in [2.75, 3.05) is 5.32 Å². The molecule has 1 N–H and O–H groups in total. The quantitative estimate of drug-likeness (QED) is 0.715. The van der Waals surface area contributed by atoms with E-state index in [-0.39, 0.29) is 5.56 Å². The normalized spacial score (nSPS) is 11.6. The second-order valence-corrected chi connectivity index (χ2v) is 5.76. The summed E-state index contributed by atoms with van der Waals surface area (Å²) in [5, 5.41) is 6.79. The highest BCUT2D eigenvalue weighted by atomic mass is 16.5. The zero-order chi connectivity index (χ0) is 18.5. The maximum atomic E-state index is 12.2. The lowest BCUT2D eigenvalue weighted by atomic mass is 10.2. The Morgan fingerprint density at radius 3 is 2.69 bits per heavy atom. The van der Waals surface area contributed by atoms with Gasteiger partial charge in [0.2, 0.25) is 0 Å². The highest BCUT2D eigenvalue weighted by molar-refractivity contribution is 5.97. The molecule has 1 amide bonds. The standard InChI is InChI=1S/C19H18N4O3/c1-13-5-3-6-16(11-13)22-18(24)14(2)26-19(25)15-7-8-17(20-12-15)23-10-4-9-21-23/h3-12,14H,1-2H3,(H,22,24). The number of hydrogen-bond acceptors (Lipinski definition) is 5.